The predicted octanol–water partition coefficient (Wildman–Crippen LogP) is 5.29. The highest BCUT2D eigenvalue weighted by molar-refractivity contribution is 7.98. The number of aromatic nitrogens is 3. The highest BCUT2D eigenvalue weighted by Crippen LogP contribution is 2.30. The van der Waals surface area contributed by atoms with Crippen LogP contribution in [0.25, 0.3) is 17.1 Å². The van der Waals surface area contributed by atoms with Gasteiger partial charge in [0, 0.05) is 27.6 Å². The van der Waals surface area contributed by atoms with E-state index in [2.05, 4.69) is 29.3 Å². The average Bonchev–Trinajstić information content (AvgIpc) is 3.17. The van der Waals surface area contributed by atoms with Gasteiger partial charge in [0.25, 0.3) is 0 Å². The summed E-state index contributed by atoms with van der Waals surface area (Å²) in [4.78, 5) is 11.3. The van der Waals surface area contributed by atoms with Gasteiger partial charge in [-0.2, -0.15) is 0 Å². The Morgan fingerprint density at radius 2 is 1.63 bits per heavy atom. The van der Waals surface area contributed by atoms with Crippen LogP contribution in [0.3, 0.4) is 0 Å². The van der Waals surface area contributed by atoms with Crippen molar-refractivity contribution in [1.82, 2.24) is 14.8 Å². The van der Waals surface area contributed by atoms with E-state index in [4.69, 9.17) is 17.3 Å². The molecule has 0 aliphatic rings. The normalized spacial score (nSPS) is 10.9. The number of nitrogens with zero attached hydrogens (tertiary/aromatic N) is 3. The first-order valence-corrected chi connectivity index (χ1v) is 10.7. The summed E-state index contributed by atoms with van der Waals surface area (Å²) >= 11 is 7.66. The molecule has 1 aromatic heterocycles. The van der Waals surface area contributed by atoms with Gasteiger partial charge in [-0.3, -0.25) is 9.36 Å². The Balaban J connectivity index is 1.67. The number of halogens is 1. The minimum absolute atomic E-state index is 0.431. The van der Waals surface area contributed by atoms with Gasteiger partial charge in [-0.25, -0.2) is 0 Å². The topological polar surface area (TPSA) is 73.8 Å². The van der Waals surface area contributed by atoms with Crippen molar-refractivity contribution in [2.75, 3.05) is 0 Å². The van der Waals surface area contributed by atoms with Crippen molar-refractivity contribution in [2.24, 2.45) is 5.73 Å². The van der Waals surface area contributed by atoms with Crippen LogP contribution in [0.4, 0.5) is 0 Å². The van der Waals surface area contributed by atoms with Crippen LogP contribution in [0.2, 0.25) is 5.02 Å². The Morgan fingerprint density at radius 1 is 0.967 bits per heavy atom. The van der Waals surface area contributed by atoms with E-state index in [0.29, 0.717) is 16.3 Å². The van der Waals surface area contributed by atoms with Gasteiger partial charge in [-0.1, -0.05) is 65.3 Å². The number of rotatable bonds is 6. The first-order chi connectivity index (χ1) is 14.5. The van der Waals surface area contributed by atoms with Crippen LogP contribution in [-0.2, 0) is 5.75 Å². The molecule has 0 aliphatic heterocycles. The molecule has 1 amide bonds. The second-order valence-electron chi connectivity index (χ2n) is 6.83. The average molecular weight is 435 g/mol. The molecular weight excluding hydrogens is 416 g/mol. The molecule has 1 heterocycles. The van der Waals surface area contributed by atoms with Crippen molar-refractivity contribution in [1.29, 1.82) is 0 Å². The first-order valence-electron chi connectivity index (χ1n) is 9.31. The molecule has 150 valence electrons. The van der Waals surface area contributed by atoms with Crippen molar-refractivity contribution < 1.29 is 4.79 Å². The zero-order chi connectivity index (χ0) is 21.1. The molecule has 0 bridgehead atoms. The van der Waals surface area contributed by atoms with Gasteiger partial charge >= 0.3 is 0 Å². The highest BCUT2D eigenvalue weighted by Gasteiger charge is 2.16. The third-order valence-corrected chi connectivity index (χ3v) is 5.89. The molecule has 0 spiro atoms. The van der Waals surface area contributed by atoms with Crippen molar-refractivity contribution in [3.63, 3.8) is 0 Å². The van der Waals surface area contributed by atoms with E-state index in [1.807, 2.05) is 53.1 Å². The van der Waals surface area contributed by atoms with Gasteiger partial charge < -0.3 is 5.73 Å². The monoisotopic (exact) mass is 434 g/mol. The fraction of sp³-hybridized carbons (Fsp3) is 0.0870. The molecule has 0 unspecified atom stereocenters. The summed E-state index contributed by atoms with van der Waals surface area (Å²) in [5, 5.41) is 10.3. The lowest BCUT2D eigenvalue weighted by Crippen LogP contribution is -2.10. The largest absolute Gasteiger partial charge is 0.366 e. The Hall–Kier alpha value is -3.09. The Bertz CT molecular complexity index is 1170. The molecule has 0 fully saturated rings. The maximum absolute atomic E-state index is 11.3. The van der Waals surface area contributed by atoms with Gasteiger partial charge in [0.05, 0.1) is 0 Å². The molecule has 0 saturated carbocycles. The summed E-state index contributed by atoms with van der Waals surface area (Å²) in [5.41, 5.74) is 9.98. The lowest BCUT2D eigenvalue weighted by Gasteiger charge is -2.11. The summed E-state index contributed by atoms with van der Waals surface area (Å²) in [5.74, 6) is 1.02. The van der Waals surface area contributed by atoms with Crippen LogP contribution in [0.15, 0.2) is 78.0 Å². The number of nitrogens with two attached hydrogens (primary N) is 1. The van der Waals surface area contributed by atoms with Crippen molar-refractivity contribution in [3.8, 4) is 17.1 Å². The van der Waals surface area contributed by atoms with Crippen LogP contribution in [0.1, 0.15) is 21.5 Å². The zero-order valence-electron chi connectivity index (χ0n) is 16.2. The van der Waals surface area contributed by atoms with E-state index >= 15 is 0 Å². The van der Waals surface area contributed by atoms with Crippen LogP contribution in [-0.4, -0.2) is 20.7 Å². The SMILES string of the molecule is Cc1ccc(-c2nnc(SCc3ccc(C(N)=O)cc3)n2-c2ccc(Cl)cc2)cc1. The molecule has 5 nitrogen and oxygen atoms in total. The summed E-state index contributed by atoms with van der Waals surface area (Å²) in [6.45, 7) is 2.05. The summed E-state index contributed by atoms with van der Waals surface area (Å²) < 4.78 is 2.03. The third-order valence-electron chi connectivity index (χ3n) is 4.63. The predicted molar refractivity (Wildman–Crippen MR) is 121 cm³/mol. The van der Waals surface area contributed by atoms with E-state index in [-0.39, 0.29) is 0 Å². The molecule has 30 heavy (non-hydrogen) atoms. The number of aryl methyl sites for hydroxylation is 1. The van der Waals surface area contributed by atoms with Crippen LogP contribution in [0, 0.1) is 6.92 Å². The molecule has 2 N–H and O–H groups in total. The minimum atomic E-state index is -0.431. The van der Waals surface area contributed by atoms with Gasteiger partial charge in [-0.15, -0.1) is 10.2 Å². The highest BCUT2D eigenvalue weighted by atomic mass is 35.5. The molecule has 4 rings (SSSR count). The molecular formula is C23H19ClN4OS. The summed E-state index contributed by atoms with van der Waals surface area (Å²) in [6, 6.07) is 23.1. The van der Waals surface area contributed by atoms with Crippen molar-refractivity contribution in [2.45, 2.75) is 17.8 Å². The molecule has 4 aromatic rings. The van der Waals surface area contributed by atoms with E-state index in [9.17, 15) is 4.79 Å². The fourth-order valence-corrected chi connectivity index (χ4v) is 4.02. The fourth-order valence-electron chi connectivity index (χ4n) is 2.99. The summed E-state index contributed by atoms with van der Waals surface area (Å²) in [7, 11) is 0. The van der Waals surface area contributed by atoms with Crippen LogP contribution < -0.4 is 5.73 Å². The number of hydrogen-bond donors (Lipinski definition) is 1. The second-order valence-corrected chi connectivity index (χ2v) is 8.21. The Labute approximate surface area is 183 Å². The lowest BCUT2D eigenvalue weighted by molar-refractivity contribution is 0.100. The number of amides is 1. The number of benzene rings is 3. The number of carbonyl (C=O) groups is 1. The first kappa shape index (κ1) is 20.2. The molecule has 0 atom stereocenters. The number of carbonyl (C=O) groups excluding carboxylic acids is 1. The number of hydrogen-bond acceptors (Lipinski definition) is 4. The van der Waals surface area contributed by atoms with Gasteiger partial charge in [-0.05, 0) is 48.9 Å². The number of primary amides is 1. The van der Waals surface area contributed by atoms with Crippen molar-refractivity contribution >= 4 is 29.3 Å². The van der Waals surface area contributed by atoms with Crippen molar-refractivity contribution in [3.05, 3.63) is 94.5 Å². The van der Waals surface area contributed by atoms with Gasteiger partial charge in [0.1, 0.15) is 0 Å². The maximum atomic E-state index is 11.3. The smallest absolute Gasteiger partial charge is 0.248 e. The standard InChI is InChI=1S/C23H19ClN4OS/c1-15-2-6-18(7-3-15)22-26-27-23(28(22)20-12-10-19(24)11-13-20)30-14-16-4-8-17(9-5-16)21(25)29/h2-13H,14H2,1H3,(H2,25,29). The lowest BCUT2D eigenvalue weighted by atomic mass is 10.1. The molecule has 0 aliphatic carbocycles. The third kappa shape index (κ3) is 4.40. The van der Waals surface area contributed by atoms with E-state index < -0.39 is 5.91 Å². The Kier molecular flexibility index (Phi) is 5.88. The number of thioether (sulfide) groups is 1. The van der Waals surface area contributed by atoms with E-state index in [1.165, 1.54) is 5.56 Å². The molecule has 7 heteroatoms. The summed E-state index contributed by atoms with van der Waals surface area (Å²) in [6.07, 6.45) is 0. The van der Waals surface area contributed by atoms with E-state index in [1.54, 1.807) is 23.9 Å². The maximum Gasteiger partial charge on any atom is 0.248 e. The Morgan fingerprint density at radius 3 is 2.27 bits per heavy atom. The molecule has 0 saturated heterocycles. The van der Waals surface area contributed by atoms with Gasteiger partial charge in [0.2, 0.25) is 5.91 Å². The molecule has 3 aromatic carbocycles. The zero-order valence-corrected chi connectivity index (χ0v) is 17.8. The minimum Gasteiger partial charge on any atom is -0.366 e. The van der Waals surface area contributed by atoms with Gasteiger partial charge in [0.15, 0.2) is 11.0 Å². The van der Waals surface area contributed by atoms with E-state index in [0.717, 1.165) is 27.8 Å². The molecule has 0 radical (unpaired) electrons. The quantitative estimate of drug-likeness (QED) is 0.418. The van der Waals surface area contributed by atoms with Crippen LogP contribution >= 0.6 is 23.4 Å². The van der Waals surface area contributed by atoms with Crippen LogP contribution in [0.5, 0.6) is 0 Å². The second kappa shape index (κ2) is 8.73.